The van der Waals surface area contributed by atoms with Gasteiger partial charge in [-0.1, -0.05) is 45.2 Å². The molecular formula is C14H22ClN3. The molecule has 1 aliphatic rings. The molecule has 1 fully saturated rings. The maximum absolute atomic E-state index is 6.05. The minimum Gasteiger partial charge on any atom is -0.367 e. The number of nitrogens with zero attached hydrogens (tertiary/aromatic N) is 2. The molecule has 1 unspecified atom stereocenters. The molecule has 1 heterocycles. The van der Waals surface area contributed by atoms with Crippen LogP contribution in [-0.4, -0.2) is 16.0 Å². The maximum Gasteiger partial charge on any atom is 0.135 e. The number of aromatic nitrogens is 2. The summed E-state index contributed by atoms with van der Waals surface area (Å²) in [7, 11) is 0. The molecule has 18 heavy (non-hydrogen) atoms. The fourth-order valence-corrected chi connectivity index (χ4v) is 2.25. The Morgan fingerprint density at radius 3 is 2.67 bits per heavy atom. The van der Waals surface area contributed by atoms with Crippen molar-refractivity contribution in [1.82, 2.24) is 9.97 Å². The van der Waals surface area contributed by atoms with E-state index in [1.54, 1.807) is 0 Å². The van der Waals surface area contributed by atoms with Crippen molar-refractivity contribution in [2.75, 3.05) is 5.32 Å². The van der Waals surface area contributed by atoms with Crippen LogP contribution in [0.2, 0.25) is 5.15 Å². The number of nitrogens with one attached hydrogen (secondary N) is 1. The maximum atomic E-state index is 6.05. The Morgan fingerprint density at radius 1 is 1.39 bits per heavy atom. The van der Waals surface area contributed by atoms with Crippen molar-refractivity contribution in [3.63, 3.8) is 0 Å². The normalized spacial score (nSPS) is 16.9. The molecule has 4 heteroatoms. The van der Waals surface area contributed by atoms with Crippen molar-refractivity contribution in [2.24, 2.45) is 5.92 Å². The van der Waals surface area contributed by atoms with E-state index in [-0.39, 0.29) is 0 Å². The van der Waals surface area contributed by atoms with Crippen LogP contribution in [0.4, 0.5) is 5.82 Å². The largest absolute Gasteiger partial charge is 0.367 e. The van der Waals surface area contributed by atoms with Crippen molar-refractivity contribution in [2.45, 2.75) is 58.4 Å². The van der Waals surface area contributed by atoms with Gasteiger partial charge in [0.25, 0.3) is 0 Å². The summed E-state index contributed by atoms with van der Waals surface area (Å²) < 4.78 is 0. The number of rotatable bonds is 6. The smallest absolute Gasteiger partial charge is 0.135 e. The van der Waals surface area contributed by atoms with Gasteiger partial charge >= 0.3 is 0 Å². The molecule has 100 valence electrons. The molecule has 1 aromatic heterocycles. The molecule has 0 aliphatic heterocycles. The molecule has 1 aromatic rings. The fraction of sp³-hybridized carbons (Fsp3) is 0.714. The summed E-state index contributed by atoms with van der Waals surface area (Å²) in [5, 5.41) is 4.03. The Labute approximate surface area is 114 Å². The Balaban J connectivity index is 2.06. The highest BCUT2D eigenvalue weighted by atomic mass is 35.5. The van der Waals surface area contributed by atoms with Gasteiger partial charge in [-0.25, -0.2) is 9.97 Å². The Bertz CT molecular complexity index is 402. The highest BCUT2D eigenvalue weighted by Crippen LogP contribution is 2.34. The molecule has 0 saturated heterocycles. The van der Waals surface area contributed by atoms with Gasteiger partial charge < -0.3 is 5.32 Å². The summed E-state index contributed by atoms with van der Waals surface area (Å²) in [6.07, 6.45) is 5.14. The highest BCUT2D eigenvalue weighted by Gasteiger charge is 2.25. The van der Waals surface area contributed by atoms with Crippen LogP contribution >= 0.6 is 11.6 Å². The third kappa shape index (κ3) is 3.84. The lowest BCUT2D eigenvalue weighted by atomic mass is 10.1. The van der Waals surface area contributed by atoms with Crippen LogP contribution in [0.25, 0.3) is 0 Å². The van der Waals surface area contributed by atoms with Crippen molar-refractivity contribution < 1.29 is 0 Å². The second-order valence-electron chi connectivity index (χ2n) is 5.52. The molecule has 0 bridgehead atoms. The summed E-state index contributed by atoms with van der Waals surface area (Å²) in [5.74, 6) is 2.90. The second kappa shape index (κ2) is 5.87. The zero-order valence-corrected chi connectivity index (χ0v) is 12.2. The van der Waals surface area contributed by atoms with E-state index in [1.807, 2.05) is 6.07 Å². The van der Waals surface area contributed by atoms with E-state index >= 15 is 0 Å². The summed E-state index contributed by atoms with van der Waals surface area (Å²) >= 11 is 6.05. The summed E-state index contributed by atoms with van der Waals surface area (Å²) in [5.41, 5.74) is 0. The summed E-state index contributed by atoms with van der Waals surface area (Å²) in [6.45, 7) is 6.38. The predicted molar refractivity (Wildman–Crippen MR) is 76.2 cm³/mol. The van der Waals surface area contributed by atoms with E-state index in [0.717, 1.165) is 24.0 Å². The van der Waals surface area contributed by atoms with Crippen LogP contribution in [0.15, 0.2) is 6.07 Å². The molecule has 1 saturated carbocycles. The van der Waals surface area contributed by atoms with Crippen LogP contribution in [0.5, 0.6) is 0 Å². The van der Waals surface area contributed by atoms with E-state index in [4.69, 9.17) is 11.6 Å². The van der Waals surface area contributed by atoms with Gasteiger partial charge in [0.1, 0.15) is 16.8 Å². The third-order valence-electron chi connectivity index (χ3n) is 3.39. The quantitative estimate of drug-likeness (QED) is 0.783. The first-order chi connectivity index (χ1) is 8.58. The van der Waals surface area contributed by atoms with Gasteiger partial charge in [-0.3, -0.25) is 0 Å². The van der Waals surface area contributed by atoms with Gasteiger partial charge in [0.2, 0.25) is 0 Å². The van der Waals surface area contributed by atoms with E-state index in [9.17, 15) is 0 Å². The van der Waals surface area contributed by atoms with E-state index in [0.29, 0.717) is 17.1 Å². The number of anilines is 1. The Hall–Kier alpha value is -0.830. The lowest BCUT2D eigenvalue weighted by molar-refractivity contribution is 0.584. The number of hydrogen-bond donors (Lipinski definition) is 1. The minimum atomic E-state index is 0.299. The lowest BCUT2D eigenvalue weighted by Gasteiger charge is -2.18. The molecule has 2 rings (SSSR count). The van der Waals surface area contributed by atoms with E-state index < -0.39 is 0 Å². The Kier molecular flexibility index (Phi) is 4.44. The molecule has 0 spiro atoms. The molecular weight excluding hydrogens is 246 g/mol. The molecule has 3 nitrogen and oxygen atoms in total. The first-order valence-corrected chi connectivity index (χ1v) is 7.27. The Morgan fingerprint density at radius 2 is 2.11 bits per heavy atom. The van der Waals surface area contributed by atoms with Gasteiger partial charge in [-0.15, -0.1) is 0 Å². The highest BCUT2D eigenvalue weighted by molar-refractivity contribution is 6.29. The van der Waals surface area contributed by atoms with Crippen molar-refractivity contribution in [3.05, 3.63) is 17.0 Å². The minimum absolute atomic E-state index is 0.299. The lowest BCUT2D eigenvalue weighted by Crippen LogP contribution is -2.20. The van der Waals surface area contributed by atoms with Crippen molar-refractivity contribution >= 4 is 17.4 Å². The van der Waals surface area contributed by atoms with Crippen molar-refractivity contribution in [1.29, 1.82) is 0 Å². The zero-order valence-electron chi connectivity index (χ0n) is 11.4. The van der Waals surface area contributed by atoms with Gasteiger partial charge in [-0.05, 0) is 18.8 Å². The zero-order chi connectivity index (χ0) is 13.1. The average molecular weight is 268 g/mol. The van der Waals surface area contributed by atoms with Gasteiger partial charge in [0, 0.05) is 18.0 Å². The predicted octanol–water partition coefficient (Wildman–Crippen LogP) is 4.24. The standard InChI is InChI=1S/C14H22ClN3/c1-4-11(7-10-5-6-10)16-13-8-12(15)17-14(18-13)9(2)3/h8-11H,4-7H2,1-3H3,(H,16,17,18). The van der Waals surface area contributed by atoms with Gasteiger partial charge in [0.15, 0.2) is 0 Å². The van der Waals surface area contributed by atoms with Crippen LogP contribution in [-0.2, 0) is 0 Å². The molecule has 0 aromatic carbocycles. The molecule has 0 amide bonds. The fourth-order valence-electron chi connectivity index (χ4n) is 2.06. The molecule has 0 radical (unpaired) electrons. The SMILES string of the molecule is CCC(CC1CC1)Nc1cc(Cl)nc(C(C)C)n1. The topological polar surface area (TPSA) is 37.8 Å². The third-order valence-corrected chi connectivity index (χ3v) is 3.58. The van der Waals surface area contributed by atoms with Gasteiger partial charge in [0.05, 0.1) is 0 Å². The number of halogens is 1. The van der Waals surface area contributed by atoms with Crippen LogP contribution in [0, 0.1) is 5.92 Å². The molecule has 1 N–H and O–H groups in total. The first-order valence-electron chi connectivity index (χ1n) is 6.89. The molecule has 1 atom stereocenters. The van der Waals surface area contributed by atoms with Crippen LogP contribution < -0.4 is 5.32 Å². The molecule has 1 aliphatic carbocycles. The van der Waals surface area contributed by atoms with Crippen LogP contribution in [0.1, 0.15) is 58.2 Å². The van der Waals surface area contributed by atoms with Crippen molar-refractivity contribution in [3.8, 4) is 0 Å². The summed E-state index contributed by atoms with van der Waals surface area (Å²) in [6, 6.07) is 2.33. The van der Waals surface area contributed by atoms with E-state index in [1.165, 1.54) is 19.3 Å². The second-order valence-corrected chi connectivity index (χ2v) is 5.90. The van der Waals surface area contributed by atoms with Gasteiger partial charge in [-0.2, -0.15) is 0 Å². The number of hydrogen-bond acceptors (Lipinski definition) is 3. The first kappa shape index (κ1) is 13.6. The monoisotopic (exact) mass is 267 g/mol. The average Bonchev–Trinajstić information content (AvgIpc) is 3.11. The summed E-state index contributed by atoms with van der Waals surface area (Å²) in [4.78, 5) is 8.80. The van der Waals surface area contributed by atoms with E-state index in [2.05, 4.69) is 36.1 Å². The van der Waals surface area contributed by atoms with Crippen LogP contribution in [0.3, 0.4) is 0 Å².